The number of hydrogen-bond donors (Lipinski definition) is 1. The topological polar surface area (TPSA) is 43.1 Å². The summed E-state index contributed by atoms with van der Waals surface area (Å²) >= 11 is 2.31. The smallest absolute Gasteiger partial charge is 0.0945 e. The predicted octanol–water partition coefficient (Wildman–Crippen LogP) is 3.74. The van der Waals surface area contributed by atoms with Crippen molar-refractivity contribution in [3.05, 3.63) is 46.1 Å². The molecule has 100 valence electrons. The molecule has 1 unspecified atom stereocenters. The zero-order valence-corrected chi connectivity index (χ0v) is 13.8. The maximum absolute atomic E-state index is 11.6. The van der Waals surface area contributed by atoms with E-state index in [1.807, 2.05) is 19.9 Å². The van der Waals surface area contributed by atoms with Crippen LogP contribution in [0, 0.1) is 3.57 Å². The lowest BCUT2D eigenvalue weighted by Gasteiger charge is -2.27. The van der Waals surface area contributed by atoms with Crippen molar-refractivity contribution in [3.63, 3.8) is 0 Å². The molecule has 0 saturated heterocycles. The van der Waals surface area contributed by atoms with Gasteiger partial charge in [-0.2, -0.15) is 0 Å². The van der Waals surface area contributed by atoms with E-state index in [-0.39, 0.29) is 4.75 Å². The highest BCUT2D eigenvalue weighted by molar-refractivity contribution is 14.1. The lowest BCUT2D eigenvalue weighted by molar-refractivity contribution is 0.520. The van der Waals surface area contributed by atoms with Crippen LogP contribution in [-0.4, -0.2) is 8.96 Å². The first-order chi connectivity index (χ1) is 8.36. The van der Waals surface area contributed by atoms with Crippen LogP contribution in [0.2, 0.25) is 0 Å². The second-order valence-corrected chi connectivity index (χ2v) is 7.98. The van der Waals surface area contributed by atoms with Gasteiger partial charge in [-0.3, -0.25) is 5.14 Å². The minimum absolute atomic E-state index is 0.319. The first-order valence-electron chi connectivity index (χ1n) is 5.89. The van der Waals surface area contributed by atoms with E-state index in [1.54, 1.807) is 0 Å². The Morgan fingerprint density at radius 1 is 1.56 bits per heavy atom. The molecule has 2 N–H and O–H groups in total. The van der Waals surface area contributed by atoms with Crippen LogP contribution in [0.15, 0.2) is 36.9 Å². The lowest BCUT2D eigenvalue weighted by atomic mass is 9.87. The molecule has 2 nitrogen and oxygen atoms in total. The van der Waals surface area contributed by atoms with Crippen LogP contribution in [0.5, 0.6) is 0 Å². The monoisotopic (exact) mass is 377 g/mol. The highest BCUT2D eigenvalue weighted by Crippen LogP contribution is 2.32. The maximum Gasteiger partial charge on any atom is 0.0945 e. The average Bonchev–Trinajstić information content (AvgIpc) is 2.28. The van der Waals surface area contributed by atoms with Crippen LogP contribution in [0.1, 0.15) is 38.2 Å². The first-order valence-corrected chi connectivity index (χ1v) is 8.18. The molecule has 0 aliphatic heterocycles. The van der Waals surface area contributed by atoms with Gasteiger partial charge in [-0.15, -0.1) is 6.58 Å². The zero-order chi connectivity index (χ0) is 13.8. The Labute approximate surface area is 126 Å². The number of halogens is 1. The molecule has 0 heterocycles. The van der Waals surface area contributed by atoms with E-state index in [0.29, 0.717) is 5.92 Å². The van der Waals surface area contributed by atoms with Crippen LogP contribution in [-0.2, 0) is 11.0 Å². The van der Waals surface area contributed by atoms with Crippen molar-refractivity contribution in [3.8, 4) is 0 Å². The second-order valence-electron chi connectivity index (χ2n) is 5.04. The van der Waals surface area contributed by atoms with Gasteiger partial charge in [-0.05, 0) is 72.9 Å². The summed E-state index contributed by atoms with van der Waals surface area (Å²) in [6.45, 7) is 7.72. The maximum atomic E-state index is 11.6. The molecule has 0 aliphatic rings. The third kappa shape index (κ3) is 4.48. The van der Waals surface area contributed by atoms with Crippen LogP contribution >= 0.6 is 22.6 Å². The number of benzene rings is 1. The Hall–Kier alpha value is -0.200. The molecule has 0 aliphatic carbocycles. The van der Waals surface area contributed by atoms with Crippen molar-refractivity contribution >= 4 is 33.6 Å². The Bertz CT molecular complexity index is 445. The minimum atomic E-state index is -1.32. The summed E-state index contributed by atoms with van der Waals surface area (Å²) in [6, 6.07) is 8.41. The molecule has 0 fully saturated rings. The molecular weight excluding hydrogens is 357 g/mol. The molecule has 1 aromatic rings. The Morgan fingerprint density at radius 2 is 2.22 bits per heavy atom. The minimum Gasteiger partial charge on any atom is -0.251 e. The SMILES string of the molecule is C=CC[C@@H](CC(C)(C)S(N)=O)c1cccc(I)c1. The van der Waals surface area contributed by atoms with Crippen molar-refractivity contribution in [2.45, 2.75) is 37.4 Å². The van der Waals surface area contributed by atoms with E-state index in [4.69, 9.17) is 5.14 Å². The summed E-state index contributed by atoms with van der Waals surface area (Å²) in [5.41, 5.74) is 1.26. The van der Waals surface area contributed by atoms with E-state index in [9.17, 15) is 4.21 Å². The van der Waals surface area contributed by atoms with Gasteiger partial charge in [0, 0.05) is 3.57 Å². The zero-order valence-electron chi connectivity index (χ0n) is 10.9. The molecule has 0 radical (unpaired) electrons. The molecule has 0 bridgehead atoms. The fraction of sp³-hybridized carbons (Fsp3) is 0.429. The van der Waals surface area contributed by atoms with Gasteiger partial charge < -0.3 is 0 Å². The molecule has 18 heavy (non-hydrogen) atoms. The largest absolute Gasteiger partial charge is 0.251 e. The Kier molecular flexibility index (Phi) is 6.01. The fourth-order valence-corrected chi connectivity index (χ4v) is 2.91. The average molecular weight is 377 g/mol. The predicted molar refractivity (Wildman–Crippen MR) is 87.7 cm³/mol. The molecule has 1 rings (SSSR count). The molecule has 0 amide bonds. The van der Waals surface area contributed by atoms with Crippen molar-refractivity contribution in [2.24, 2.45) is 5.14 Å². The van der Waals surface area contributed by atoms with E-state index >= 15 is 0 Å². The summed E-state index contributed by atoms with van der Waals surface area (Å²) in [6.07, 6.45) is 3.59. The molecular formula is C14H20INOS. The first kappa shape index (κ1) is 15.9. The van der Waals surface area contributed by atoms with Gasteiger partial charge in [0.15, 0.2) is 0 Å². The second kappa shape index (κ2) is 6.82. The van der Waals surface area contributed by atoms with E-state index < -0.39 is 11.0 Å². The normalized spacial score (nSPS) is 15.1. The van der Waals surface area contributed by atoms with Gasteiger partial charge in [0.1, 0.15) is 0 Å². The molecule has 0 spiro atoms. The summed E-state index contributed by atoms with van der Waals surface area (Å²) in [7, 11) is -1.32. The van der Waals surface area contributed by atoms with Gasteiger partial charge in [-0.25, -0.2) is 4.21 Å². The van der Waals surface area contributed by atoms with Crippen molar-refractivity contribution in [1.29, 1.82) is 0 Å². The van der Waals surface area contributed by atoms with E-state index in [2.05, 4.69) is 53.4 Å². The van der Waals surface area contributed by atoms with Gasteiger partial charge in [0.25, 0.3) is 0 Å². The van der Waals surface area contributed by atoms with Crippen LogP contribution < -0.4 is 5.14 Å². The quantitative estimate of drug-likeness (QED) is 0.596. The lowest BCUT2D eigenvalue weighted by Crippen LogP contribution is -2.33. The molecule has 0 aromatic heterocycles. The Morgan fingerprint density at radius 3 is 2.72 bits per heavy atom. The van der Waals surface area contributed by atoms with Crippen molar-refractivity contribution in [1.82, 2.24) is 0 Å². The highest BCUT2D eigenvalue weighted by atomic mass is 127. The van der Waals surface area contributed by atoms with Gasteiger partial charge in [-0.1, -0.05) is 18.2 Å². The number of hydrogen-bond acceptors (Lipinski definition) is 1. The number of rotatable bonds is 6. The van der Waals surface area contributed by atoms with Crippen molar-refractivity contribution in [2.75, 3.05) is 0 Å². The van der Waals surface area contributed by atoms with Gasteiger partial charge in [0.05, 0.1) is 15.7 Å². The highest BCUT2D eigenvalue weighted by Gasteiger charge is 2.28. The molecule has 4 heteroatoms. The summed E-state index contributed by atoms with van der Waals surface area (Å²) in [5.74, 6) is 0.319. The van der Waals surface area contributed by atoms with Crippen LogP contribution in [0.3, 0.4) is 0 Å². The molecule has 2 atom stereocenters. The standard InChI is InChI=1S/C14H20INOS/c1-4-6-12(10-14(2,3)18(16)17)11-7-5-8-13(15)9-11/h4-5,7-9,12H,1,6,10,16H2,2-3H3/t12-,18?/m0/s1. The van der Waals surface area contributed by atoms with Crippen LogP contribution in [0.4, 0.5) is 0 Å². The molecule has 0 saturated carbocycles. The summed E-state index contributed by atoms with van der Waals surface area (Å²) < 4.78 is 12.4. The molecule has 1 aromatic carbocycles. The summed E-state index contributed by atoms with van der Waals surface area (Å²) in [5, 5.41) is 5.57. The van der Waals surface area contributed by atoms with E-state index in [1.165, 1.54) is 9.13 Å². The third-order valence-electron chi connectivity index (χ3n) is 3.05. The van der Waals surface area contributed by atoms with Gasteiger partial charge >= 0.3 is 0 Å². The Balaban J connectivity index is 2.96. The third-order valence-corrected chi connectivity index (χ3v) is 4.98. The fourth-order valence-electron chi connectivity index (χ4n) is 1.97. The summed E-state index contributed by atoms with van der Waals surface area (Å²) in [4.78, 5) is 0. The van der Waals surface area contributed by atoms with Crippen molar-refractivity contribution < 1.29 is 4.21 Å². The van der Waals surface area contributed by atoms with Gasteiger partial charge in [0.2, 0.25) is 0 Å². The van der Waals surface area contributed by atoms with E-state index in [0.717, 1.165) is 12.8 Å². The van der Waals surface area contributed by atoms with Crippen LogP contribution in [0.25, 0.3) is 0 Å². The number of allylic oxidation sites excluding steroid dienone is 1. The number of nitrogens with two attached hydrogens (primary N) is 1.